The van der Waals surface area contributed by atoms with Gasteiger partial charge in [-0.2, -0.15) is 11.3 Å². The van der Waals surface area contributed by atoms with Crippen molar-refractivity contribution in [1.82, 2.24) is 15.1 Å². The van der Waals surface area contributed by atoms with E-state index in [1.54, 1.807) is 11.3 Å². The first-order valence-electron chi connectivity index (χ1n) is 11.7. The van der Waals surface area contributed by atoms with Crippen LogP contribution in [0.2, 0.25) is 0 Å². The molecule has 3 heterocycles. The van der Waals surface area contributed by atoms with Crippen molar-refractivity contribution in [2.75, 3.05) is 53.0 Å². The van der Waals surface area contributed by atoms with E-state index in [1.807, 2.05) is 7.05 Å². The molecule has 1 aromatic heterocycles. The van der Waals surface area contributed by atoms with Crippen molar-refractivity contribution in [3.05, 3.63) is 22.4 Å². The molecule has 7 heteroatoms. The van der Waals surface area contributed by atoms with Gasteiger partial charge in [-0.25, -0.2) is 0 Å². The molecule has 0 aromatic carbocycles. The molecule has 0 radical (unpaired) electrons. The summed E-state index contributed by atoms with van der Waals surface area (Å²) < 4.78 is 12.0. The number of nitrogens with zero attached hydrogens (tertiary/aromatic N) is 3. The molecule has 3 rings (SSSR count). The summed E-state index contributed by atoms with van der Waals surface area (Å²) in [5.74, 6) is 1.01. The Morgan fingerprint density at radius 1 is 1.30 bits per heavy atom. The predicted octanol–water partition coefficient (Wildman–Crippen LogP) is 3.76. The van der Waals surface area contributed by atoms with Gasteiger partial charge in [0.15, 0.2) is 5.96 Å². The minimum atomic E-state index is 0.306. The van der Waals surface area contributed by atoms with Crippen LogP contribution < -0.4 is 5.32 Å². The second-order valence-corrected chi connectivity index (χ2v) is 9.01. The van der Waals surface area contributed by atoms with Gasteiger partial charge in [0.25, 0.3) is 0 Å². The SMILES string of the molecule is CCN(CC)C(CNC(=NC)N1CCC(OCC2CCCCO2)CC1)c1ccsc1. The van der Waals surface area contributed by atoms with E-state index in [9.17, 15) is 0 Å². The topological polar surface area (TPSA) is 49.3 Å². The van der Waals surface area contributed by atoms with Crippen LogP contribution in [0.5, 0.6) is 0 Å². The molecule has 1 N–H and O–H groups in total. The Kier molecular flexibility index (Phi) is 9.91. The van der Waals surface area contributed by atoms with Crippen LogP contribution in [-0.2, 0) is 9.47 Å². The van der Waals surface area contributed by atoms with Gasteiger partial charge in [0.1, 0.15) is 0 Å². The molecule has 170 valence electrons. The van der Waals surface area contributed by atoms with Gasteiger partial charge in [0.2, 0.25) is 0 Å². The fourth-order valence-corrected chi connectivity index (χ4v) is 5.23. The number of aliphatic imine (C=N–C) groups is 1. The molecule has 2 aliphatic heterocycles. The van der Waals surface area contributed by atoms with Crippen molar-refractivity contribution in [1.29, 1.82) is 0 Å². The monoisotopic (exact) mass is 436 g/mol. The average molecular weight is 437 g/mol. The lowest BCUT2D eigenvalue weighted by atomic mass is 10.1. The number of piperidine rings is 1. The molecule has 0 saturated carbocycles. The minimum Gasteiger partial charge on any atom is -0.376 e. The first-order chi connectivity index (χ1) is 14.7. The molecule has 6 nitrogen and oxygen atoms in total. The fourth-order valence-electron chi connectivity index (χ4n) is 4.52. The van der Waals surface area contributed by atoms with Crippen molar-refractivity contribution in [2.24, 2.45) is 4.99 Å². The fraction of sp³-hybridized carbons (Fsp3) is 0.783. The molecule has 0 amide bonds. The molecule has 0 spiro atoms. The van der Waals surface area contributed by atoms with Crippen LogP contribution in [0.1, 0.15) is 57.6 Å². The number of likely N-dealkylation sites (N-methyl/N-ethyl adjacent to an activating group) is 1. The predicted molar refractivity (Wildman–Crippen MR) is 125 cm³/mol. The number of nitrogens with one attached hydrogen (secondary N) is 1. The number of hydrogen-bond donors (Lipinski definition) is 1. The van der Waals surface area contributed by atoms with Gasteiger partial charge in [-0.15, -0.1) is 0 Å². The molecular formula is C23H40N4O2S. The molecule has 0 bridgehead atoms. The summed E-state index contributed by atoms with van der Waals surface area (Å²) in [5.41, 5.74) is 1.39. The summed E-state index contributed by atoms with van der Waals surface area (Å²) in [5, 5.41) is 8.09. The van der Waals surface area contributed by atoms with E-state index in [0.29, 0.717) is 18.2 Å². The smallest absolute Gasteiger partial charge is 0.193 e. The third-order valence-electron chi connectivity index (χ3n) is 6.38. The van der Waals surface area contributed by atoms with Crippen molar-refractivity contribution < 1.29 is 9.47 Å². The molecule has 30 heavy (non-hydrogen) atoms. The Morgan fingerprint density at radius 2 is 2.10 bits per heavy atom. The third-order valence-corrected chi connectivity index (χ3v) is 7.08. The highest BCUT2D eigenvalue weighted by Gasteiger charge is 2.25. The summed E-state index contributed by atoms with van der Waals surface area (Å²) in [4.78, 5) is 9.46. The number of guanidine groups is 1. The largest absolute Gasteiger partial charge is 0.376 e. The molecule has 2 unspecified atom stereocenters. The quantitative estimate of drug-likeness (QED) is 0.472. The zero-order valence-corrected chi connectivity index (χ0v) is 19.8. The Morgan fingerprint density at radius 3 is 2.70 bits per heavy atom. The molecule has 2 atom stereocenters. The van der Waals surface area contributed by atoms with E-state index in [4.69, 9.17) is 9.47 Å². The average Bonchev–Trinajstić information content (AvgIpc) is 3.33. The number of thiophene rings is 1. The van der Waals surface area contributed by atoms with Crippen LogP contribution in [0.25, 0.3) is 0 Å². The number of ether oxygens (including phenoxy) is 2. The lowest BCUT2D eigenvalue weighted by Crippen LogP contribution is -2.49. The van der Waals surface area contributed by atoms with Crippen LogP contribution in [-0.4, -0.2) is 81.0 Å². The van der Waals surface area contributed by atoms with Crippen molar-refractivity contribution in [3.63, 3.8) is 0 Å². The van der Waals surface area contributed by atoms with Gasteiger partial charge in [-0.3, -0.25) is 9.89 Å². The second-order valence-electron chi connectivity index (χ2n) is 8.23. The Hall–Kier alpha value is -1.15. The maximum atomic E-state index is 6.17. The Labute approximate surface area is 186 Å². The van der Waals surface area contributed by atoms with Crippen LogP contribution >= 0.6 is 11.3 Å². The zero-order chi connectivity index (χ0) is 21.2. The number of likely N-dealkylation sites (tertiary alicyclic amines) is 1. The summed E-state index contributed by atoms with van der Waals surface area (Å²) in [6.45, 7) is 11.1. The summed E-state index contributed by atoms with van der Waals surface area (Å²) in [6.07, 6.45) is 6.37. The van der Waals surface area contributed by atoms with E-state index in [1.165, 1.54) is 18.4 Å². The van der Waals surface area contributed by atoms with Gasteiger partial charge in [0.05, 0.1) is 24.9 Å². The molecule has 2 fully saturated rings. The number of hydrogen-bond acceptors (Lipinski definition) is 5. The Balaban J connectivity index is 1.45. The van der Waals surface area contributed by atoms with Gasteiger partial charge < -0.3 is 19.7 Å². The van der Waals surface area contributed by atoms with Crippen molar-refractivity contribution in [2.45, 2.75) is 64.2 Å². The standard InChI is InChI=1S/C23H40N4O2S/c1-4-26(5-2)22(19-11-15-30-18-19)16-25-23(24-3)27-12-9-20(10-13-27)29-17-21-8-6-7-14-28-21/h11,15,18,20-22H,4-10,12-14,16-17H2,1-3H3,(H,24,25). The molecular weight excluding hydrogens is 396 g/mol. The second kappa shape index (κ2) is 12.6. The summed E-state index contributed by atoms with van der Waals surface area (Å²) in [6, 6.07) is 2.62. The summed E-state index contributed by atoms with van der Waals surface area (Å²) in [7, 11) is 1.89. The molecule has 2 aliphatic rings. The highest BCUT2D eigenvalue weighted by Crippen LogP contribution is 2.23. The first-order valence-corrected chi connectivity index (χ1v) is 12.6. The summed E-state index contributed by atoms with van der Waals surface area (Å²) >= 11 is 1.77. The first kappa shape index (κ1) is 23.5. The highest BCUT2D eigenvalue weighted by atomic mass is 32.1. The van der Waals surface area contributed by atoms with Crippen molar-refractivity contribution in [3.8, 4) is 0 Å². The van der Waals surface area contributed by atoms with E-state index in [0.717, 1.165) is 71.2 Å². The van der Waals surface area contributed by atoms with Gasteiger partial charge in [0, 0.05) is 33.3 Å². The van der Waals surface area contributed by atoms with Crippen molar-refractivity contribution >= 4 is 17.3 Å². The van der Waals surface area contributed by atoms with Crippen LogP contribution in [0.3, 0.4) is 0 Å². The number of rotatable bonds is 9. The van der Waals surface area contributed by atoms with Crippen LogP contribution in [0.4, 0.5) is 0 Å². The van der Waals surface area contributed by atoms with E-state index < -0.39 is 0 Å². The maximum absolute atomic E-state index is 6.17. The minimum absolute atomic E-state index is 0.306. The van der Waals surface area contributed by atoms with Gasteiger partial charge in [-0.05, 0) is 67.6 Å². The lowest BCUT2D eigenvalue weighted by molar-refractivity contribution is -0.0721. The van der Waals surface area contributed by atoms with E-state index in [2.05, 4.69) is 50.8 Å². The molecule has 2 saturated heterocycles. The van der Waals surface area contributed by atoms with Crippen LogP contribution in [0, 0.1) is 0 Å². The van der Waals surface area contributed by atoms with Gasteiger partial charge in [-0.1, -0.05) is 13.8 Å². The molecule has 1 aromatic rings. The van der Waals surface area contributed by atoms with E-state index in [-0.39, 0.29) is 0 Å². The third kappa shape index (κ3) is 6.67. The maximum Gasteiger partial charge on any atom is 0.193 e. The van der Waals surface area contributed by atoms with Crippen LogP contribution in [0.15, 0.2) is 21.8 Å². The Bertz CT molecular complexity index is 607. The molecule has 0 aliphatic carbocycles. The van der Waals surface area contributed by atoms with E-state index >= 15 is 0 Å². The highest BCUT2D eigenvalue weighted by molar-refractivity contribution is 7.07. The normalized spacial score (nSPS) is 22.5. The zero-order valence-electron chi connectivity index (χ0n) is 19.0. The van der Waals surface area contributed by atoms with Gasteiger partial charge >= 0.3 is 0 Å². The lowest BCUT2D eigenvalue weighted by Gasteiger charge is -2.36.